The summed E-state index contributed by atoms with van der Waals surface area (Å²) < 4.78 is 18.4. The minimum atomic E-state index is -1.35. The first-order valence-electron chi connectivity index (χ1n) is 5.40. The summed E-state index contributed by atoms with van der Waals surface area (Å²) in [5, 5.41) is 19.7. The van der Waals surface area contributed by atoms with Crippen molar-refractivity contribution < 1.29 is 24.0 Å². The fourth-order valence-electron chi connectivity index (χ4n) is 1.42. The van der Waals surface area contributed by atoms with Crippen molar-refractivity contribution in [2.45, 2.75) is 0 Å². The molecule has 0 saturated heterocycles. The summed E-state index contributed by atoms with van der Waals surface area (Å²) in [6.45, 7) is 0. The zero-order valence-corrected chi connectivity index (χ0v) is 11.7. The number of carboxylic acid groups (broad SMARTS) is 1. The van der Waals surface area contributed by atoms with E-state index in [0.29, 0.717) is 0 Å². The Morgan fingerprint density at radius 3 is 2.67 bits per heavy atom. The Bertz CT molecular complexity index is 738. The molecule has 1 heterocycles. The molecule has 2 aromatic rings. The molecule has 0 atom stereocenters. The van der Waals surface area contributed by atoms with Crippen molar-refractivity contribution in [3.63, 3.8) is 0 Å². The zero-order chi connectivity index (χ0) is 15.6. The van der Waals surface area contributed by atoms with Crippen molar-refractivity contribution in [3.8, 4) is 11.6 Å². The Morgan fingerprint density at radius 1 is 1.38 bits per heavy atom. The number of nitro groups is 1. The third kappa shape index (κ3) is 3.31. The number of hydrogen-bond acceptors (Lipinski definition) is 5. The molecular formula is C12H6BrFN2O5. The van der Waals surface area contributed by atoms with E-state index in [1.807, 2.05) is 0 Å². The highest BCUT2D eigenvalue weighted by Gasteiger charge is 2.20. The first-order valence-corrected chi connectivity index (χ1v) is 6.19. The van der Waals surface area contributed by atoms with Gasteiger partial charge in [0, 0.05) is 6.07 Å². The van der Waals surface area contributed by atoms with Crippen LogP contribution in [0.5, 0.6) is 11.6 Å². The van der Waals surface area contributed by atoms with Gasteiger partial charge >= 0.3 is 11.7 Å². The Hall–Kier alpha value is -2.55. The first kappa shape index (κ1) is 14.9. The summed E-state index contributed by atoms with van der Waals surface area (Å²) in [5.74, 6) is -2.31. The first-order chi connectivity index (χ1) is 9.88. The molecule has 2 rings (SSSR count). The average Bonchev–Trinajstić information content (AvgIpc) is 2.42. The summed E-state index contributed by atoms with van der Waals surface area (Å²) >= 11 is 2.94. The summed E-state index contributed by atoms with van der Waals surface area (Å²) in [5.41, 5.74) is -0.905. The molecule has 1 N–H and O–H groups in total. The highest BCUT2D eigenvalue weighted by Crippen LogP contribution is 2.31. The number of hydrogen-bond donors (Lipinski definition) is 1. The van der Waals surface area contributed by atoms with Crippen LogP contribution in [0.15, 0.2) is 34.8 Å². The van der Waals surface area contributed by atoms with Gasteiger partial charge in [-0.1, -0.05) is 0 Å². The van der Waals surface area contributed by atoms with Gasteiger partial charge in [0.2, 0.25) is 0 Å². The molecule has 7 nitrogen and oxygen atoms in total. The van der Waals surface area contributed by atoms with Crippen molar-refractivity contribution in [1.82, 2.24) is 4.98 Å². The van der Waals surface area contributed by atoms with Crippen LogP contribution in [-0.2, 0) is 0 Å². The molecule has 0 aliphatic rings. The molecule has 0 bridgehead atoms. The lowest BCUT2D eigenvalue weighted by Crippen LogP contribution is -2.04. The Balaban J connectivity index is 2.45. The molecule has 0 aliphatic carbocycles. The van der Waals surface area contributed by atoms with Crippen LogP contribution >= 0.6 is 15.9 Å². The fraction of sp³-hybridized carbons (Fsp3) is 0. The number of carbonyl (C=O) groups is 1. The minimum Gasteiger partial charge on any atom is -0.477 e. The van der Waals surface area contributed by atoms with E-state index in [9.17, 15) is 19.3 Å². The molecule has 0 aliphatic heterocycles. The van der Waals surface area contributed by atoms with Gasteiger partial charge in [0.1, 0.15) is 11.6 Å². The van der Waals surface area contributed by atoms with Gasteiger partial charge in [-0.05, 0) is 40.2 Å². The number of rotatable bonds is 4. The van der Waals surface area contributed by atoms with Crippen LogP contribution in [-0.4, -0.2) is 21.0 Å². The van der Waals surface area contributed by atoms with Crippen LogP contribution in [0.25, 0.3) is 0 Å². The third-order valence-electron chi connectivity index (χ3n) is 2.36. The number of halogens is 2. The zero-order valence-electron chi connectivity index (χ0n) is 10.1. The molecule has 0 saturated carbocycles. The molecule has 0 unspecified atom stereocenters. The quantitative estimate of drug-likeness (QED) is 0.665. The van der Waals surface area contributed by atoms with Crippen LogP contribution in [0.1, 0.15) is 10.5 Å². The summed E-state index contributed by atoms with van der Waals surface area (Å²) in [4.78, 5) is 24.5. The third-order valence-corrected chi connectivity index (χ3v) is 2.97. The van der Waals surface area contributed by atoms with Gasteiger partial charge in [-0.3, -0.25) is 10.1 Å². The number of aromatic carboxylic acids is 1. The second-order valence-electron chi connectivity index (χ2n) is 3.76. The highest BCUT2D eigenvalue weighted by molar-refractivity contribution is 9.10. The van der Waals surface area contributed by atoms with Gasteiger partial charge in [-0.15, -0.1) is 0 Å². The van der Waals surface area contributed by atoms with E-state index in [-0.39, 0.29) is 10.2 Å². The number of carboxylic acids is 1. The van der Waals surface area contributed by atoms with E-state index < -0.39 is 34.0 Å². The number of aromatic nitrogens is 1. The molecule has 0 fully saturated rings. The SMILES string of the molecule is O=C(O)c1ccc([N+](=O)[O-])c(Oc2ccc(F)c(Br)c2)n1. The largest absolute Gasteiger partial charge is 0.477 e. The van der Waals surface area contributed by atoms with Gasteiger partial charge in [0.15, 0.2) is 5.69 Å². The van der Waals surface area contributed by atoms with Crippen molar-refractivity contribution in [2.75, 3.05) is 0 Å². The topological polar surface area (TPSA) is 103 Å². The van der Waals surface area contributed by atoms with Crippen molar-refractivity contribution in [1.29, 1.82) is 0 Å². The number of ether oxygens (including phenoxy) is 1. The van der Waals surface area contributed by atoms with E-state index in [2.05, 4.69) is 20.9 Å². The van der Waals surface area contributed by atoms with Gasteiger partial charge in [0.25, 0.3) is 5.88 Å². The van der Waals surface area contributed by atoms with E-state index in [1.165, 1.54) is 12.1 Å². The standard InChI is InChI=1S/C12H6BrFN2O5/c13-7-5-6(1-2-8(7)14)21-11-10(16(19)20)4-3-9(15-11)12(17)18/h1-5H,(H,17,18). The molecule has 21 heavy (non-hydrogen) atoms. The molecule has 0 amide bonds. The van der Waals surface area contributed by atoms with Crippen LogP contribution in [0.4, 0.5) is 10.1 Å². The van der Waals surface area contributed by atoms with E-state index in [0.717, 1.165) is 18.2 Å². The fourth-order valence-corrected chi connectivity index (χ4v) is 1.78. The van der Waals surface area contributed by atoms with Gasteiger partial charge in [-0.25, -0.2) is 9.18 Å². The summed E-state index contributed by atoms with van der Waals surface area (Å²) in [7, 11) is 0. The maximum absolute atomic E-state index is 13.1. The highest BCUT2D eigenvalue weighted by atomic mass is 79.9. The lowest BCUT2D eigenvalue weighted by molar-refractivity contribution is -0.386. The molecule has 9 heteroatoms. The number of benzene rings is 1. The van der Waals surface area contributed by atoms with E-state index in [1.54, 1.807) is 0 Å². The number of nitrogens with zero attached hydrogens (tertiary/aromatic N) is 2. The normalized spacial score (nSPS) is 10.2. The maximum atomic E-state index is 13.1. The predicted molar refractivity (Wildman–Crippen MR) is 72.0 cm³/mol. The van der Waals surface area contributed by atoms with Crippen molar-refractivity contribution >= 4 is 27.6 Å². The minimum absolute atomic E-state index is 0.0708. The Kier molecular flexibility index (Phi) is 4.13. The average molecular weight is 357 g/mol. The Morgan fingerprint density at radius 2 is 2.10 bits per heavy atom. The molecule has 1 aromatic carbocycles. The molecule has 108 valence electrons. The van der Waals surface area contributed by atoms with E-state index in [4.69, 9.17) is 9.84 Å². The van der Waals surface area contributed by atoms with Crippen LogP contribution in [0, 0.1) is 15.9 Å². The van der Waals surface area contributed by atoms with Gasteiger partial charge < -0.3 is 9.84 Å². The lowest BCUT2D eigenvalue weighted by Gasteiger charge is -2.06. The molecule has 0 spiro atoms. The summed E-state index contributed by atoms with van der Waals surface area (Å²) in [6, 6.07) is 5.54. The van der Waals surface area contributed by atoms with Crippen LogP contribution < -0.4 is 4.74 Å². The molecule has 1 aromatic heterocycles. The van der Waals surface area contributed by atoms with Gasteiger partial charge in [0.05, 0.1) is 9.40 Å². The molecular weight excluding hydrogens is 351 g/mol. The Labute approximate surface area is 125 Å². The smallest absolute Gasteiger partial charge is 0.354 e. The van der Waals surface area contributed by atoms with Crippen LogP contribution in [0.2, 0.25) is 0 Å². The van der Waals surface area contributed by atoms with Crippen molar-refractivity contribution in [3.05, 3.63) is 56.4 Å². The van der Waals surface area contributed by atoms with Gasteiger partial charge in [-0.2, -0.15) is 4.98 Å². The molecule has 0 radical (unpaired) electrons. The maximum Gasteiger partial charge on any atom is 0.354 e. The monoisotopic (exact) mass is 356 g/mol. The van der Waals surface area contributed by atoms with Crippen LogP contribution in [0.3, 0.4) is 0 Å². The second-order valence-corrected chi connectivity index (χ2v) is 4.62. The predicted octanol–water partition coefficient (Wildman–Crippen LogP) is 3.38. The second kappa shape index (κ2) is 5.83. The van der Waals surface area contributed by atoms with E-state index >= 15 is 0 Å². The lowest BCUT2D eigenvalue weighted by atomic mass is 10.3. The number of pyridine rings is 1. The summed E-state index contributed by atoms with van der Waals surface area (Å²) in [6.07, 6.45) is 0. The van der Waals surface area contributed by atoms with Crippen molar-refractivity contribution in [2.24, 2.45) is 0 Å².